The summed E-state index contributed by atoms with van der Waals surface area (Å²) in [5, 5.41) is 15.6. The molecule has 3 rings (SSSR count). The Morgan fingerprint density at radius 2 is 1.82 bits per heavy atom. The predicted molar refractivity (Wildman–Crippen MR) is 123 cm³/mol. The van der Waals surface area contributed by atoms with Crippen molar-refractivity contribution in [3.05, 3.63) is 59.4 Å². The fourth-order valence-electron chi connectivity index (χ4n) is 3.69. The van der Waals surface area contributed by atoms with Gasteiger partial charge in [-0.2, -0.15) is 0 Å². The van der Waals surface area contributed by atoms with Gasteiger partial charge in [0, 0.05) is 12.7 Å². The number of carbonyl (C=O) groups excluding carboxylic acids is 2. The second-order valence-electron chi connectivity index (χ2n) is 8.04. The van der Waals surface area contributed by atoms with E-state index in [1.54, 1.807) is 37.4 Å². The van der Waals surface area contributed by atoms with E-state index in [-0.39, 0.29) is 24.8 Å². The lowest BCUT2D eigenvalue weighted by molar-refractivity contribution is -0.162. The number of ether oxygens (including phenoxy) is 2. The van der Waals surface area contributed by atoms with Crippen LogP contribution >= 0.6 is 0 Å². The van der Waals surface area contributed by atoms with Gasteiger partial charge in [-0.3, -0.25) is 14.6 Å². The van der Waals surface area contributed by atoms with Gasteiger partial charge in [0.2, 0.25) is 6.10 Å². The van der Waals surface area contributed by atoms with Crippen LogP contribution in [0.4, 0.5) is 0 Å². The molecule has 1 aromatic carbocycles. The van der Waals surface area contributed by atoms with E-state index in [0.29, 0.717) is 31.7 Å². The number of aliphatic carboxylic acids is 1. The van der Waals surface area contributed by atoms with Gasteiger partial charge in [-0.25, -0.2) is 4.79 Å². The molecule has 182 valence electrons. The van der Waals surface area contributed by atoms with Crippen molar-refractivity contribution in [2.24, 2.45) is 5.73 Å². The Kier molecular flexibility index (Phi) is 9.08. The molecule has 1 aliphatic rings. The number of nitrogens with one attached hydrogen (secondary N) is 2. The molecule has 0 aliphatic carbocycles. The molecule has 0 radical (unpaired) electrons. The number of benzene rings is 1. The largest absolute Gasteiger partial charge is 0.497 e. The van der Waals surface area contributed by atoms with E-state index in [2.05, 4.69) is 15.6 Å². The zero-order valence-electron chi connectivity index (χ0n) is 19.0. The maximum atomic E-state index is 13.4. The van der Waals surface area contributed by atoms with Crippen LogP contribution in [0, 0.1) is 0 Å². The van der Waals surface area contributed by atoms with Crippen molar-refractivity contribution in [2.75, 3.05) is 20.2 Å². The number of ketones is 1. The van der Waals surface area contributed by atoms with Crippen molar-refractivity contribution in [3.8, 4) is 5.75 Å². The van der Waals surface area contributed by atoms with Crippen molar-refractivity contribution in [1.82, 2.24) is 15.6 Å². The van der Waals surface area contributed by atoms with Crippen molar-refractivity contribution in [3.63, 3.8) is 0 Å². The average Bonchev–Trinajstić information content (AvgIpc) is 2.87. The molecule has 2 unspecified atom stereocenters. The Balaban J connectivity index is 1.82. The summed E-state index contributed by atoms with van der Waals surface area (Å²) >= 11 is 0. The van der Waals surface area contributed by atoms with Crippen LogP contribution in [0.1, 0.15) is 34.5 Å². The van der Waals surface area contributed by atoms with Crippen LogP contribution in [-0.2, 0) is 27.3 Å². The number of hydrogen-bond acceptors (Lipinski definition) is 8. The average molecular weight is 471 g/mol. The van der Waals surface area contributed by atoms with E-state index >= 15 is 0 Å². The van der Waals surface area contributed by atoms with Gasteiger partial charge < -0.3 is 30.9 Å². The number of aromatic nitrogens is 1. The highest BCUT2D eigenvalue weighted by atomic mass is 16.5. The van der Waals surface area contributed by atoms with Crippen molar-refractivity contribution in [2.45, 2.75) is 44.1 Å². The van der Waals surface area contributed by atoms with Gasteiger partial charge in [-0.1, -0.05) is 18.2 Å². The zero-order valence-corrected chi connectivity index (χ0v) is 19.0. The maximum absolute atomic E-state index is 13.4. The number of amides is 1. The Hall–Kier alpha value is -3.34. The number of carboxylic acids is 1. The minimum Gasteiger partial charge on any atom is -0.497 e. The Morgan fingerprint density at radius 1 is 1.15 bits per heavy atom. The summed E-state index contributed by atoms with van der Waals surface area (Å²) in [6.07, 6.45) is 0.714. The molecule has 34 heavy (non-hydrogen) atoms. The Bertz CT molecular complexity index is 974. The lowest BCUT2D eigenvalue weighted by Crippen LogP contribution is -2.51. The highest BCUT2D eigenvalue weighted by Crippen LogP contribution is 2.17. The summed E-state index contributed by atoms with van der Waals surface area (Å²) in [4.78, 5) is 42.3. The van der Waals surface area contributed by atoms with Crippen LogP contribution < -0.4 is 21.1 Å². The quantitative estimate of drug-likeness (QED) is 0.347. The number of methoxy groups -OCH3 is 1. The predicted octanol–water partition coefficient (Wildman–Crippen LogP) is 0.681. The first kappa shape index (κ1) is 25.3. The number of carbonyl (C=O) groups is 3. The number of Topliss-reactive ketones (excluding diaryl/α,β-unsaturated/α-hetero) is 1. The minimum atomic E-state index is -1.70. The molecule has 1 aromatic heterocycles. The first-order valence-corrected chi connectivity index (χ1v) is 11.1. The highest BCUT2D eigenvalue weighted by Gasteiger charge is 2.36. The van der Waals surface area contributed by atoms with E-state index < -0.39 is 29.8 Å². The molecular weight excluding hydrogens is 440 g/mol. The fraction of sp³-hybridized carbons (Fsp3) is 0.417. The lowest BCUT2D eigenvalue weighted by Gasteiger charge is -2.28. The van der Waals surface area contributed by atoms with Gasteiger partial charge in [0.05, 0.1) is 19.3 Å². The summed E-state index contributed by atoms with van der Waals surface area (Å²) < 4.78 is 10.9. The summed E-state index contributed by atoms with van der Waals surface area (Å²) in [7, 11) is 1.54. The number of carboxylic acid groups (broad SMARTS) is 1. The minimum absolute atomic E-state index is 0.0782. The Labute approximate surface area is 197 Å². The summed E-state index contributed by atoms with van der Waals surface area (Å²) in [5.41, 5.74) is 7.14. The second kappa shape index (κ2) is 12.2. The van der Waals surface area contributed by atoms with Gasteiger partial charge in [0.1, 0.15) is 11.4 Å². The topological polar surface area (TPSA) is 153 Å². The highest BCUT2D eigenvalue weighted by molar-refractivity contribution is 6.06. The van der Waals surface area contributed by atoms with Gasteiger partial charge in [0.15, 0.2) is 5.78 Å². The van der Waals surface area contributed by atoms with E-state index in [1.165, 1.54) is 12.3 Å². The normalized spacial score (nSPS) is 15.8. The summed E-state index contributed by atoms with van der Waals surface area (Å²) in [5.74, 6) is -2.07. The van der Waals surface area contributed by atoms with Gasteiger partial charge in [-0.05, 0) is 61.7 Å². The maximum Gasteiger partial charge on any atom is 0.340 e. The molecule has 10 heteroatoms. The van der Waals surface area contributed by atoms with Crippen molar-refractivity contribution < 1.29 is 29.0 Å². The molecule has 1 fully saturated rings. The van der Waals surface area contributed by atoms with E-state index in [1.807, 2.05) is 0 Å². The van der Waals surface area contributed by atoms with Crippen LogP contribution in [0.15, 0.2) is 42.6 Å². The summed E-state index contributed by atoms with van der Waals surface area (Å²) in [6.45, 7) is 1.64. The number of piperidine rings is 1. The van der Waals surface area contributed by atoms with Gasteiger partial charge in [-0.15, -0.1) is 0 Å². The van der Waals surface area contributed by atoms with Crippen LogP contribution in [0.2, 0.25) is 0 Å². The number of nitrogens with zero attached hydrogens (tertiary/aromatic N) is 1. The Morgan fingerprint density at radius 3 is 2.38 bits per heavy atom. The smallest absolute Gasteiger partial charge is 0.340 e. The molecule has 2 heterocycles. The van der Waals surface area contributed by atoms with Crippen molar-refractivity contribution in [1.29, 1.82) is 0 Å². The molecular formula is C24H30N4O6. The first-order chi connectivity index (χ1) is 16.4. The number of pyridine rings is 1. The van der Waals surface area contributed by atoms with E-state index in [4.69, 9.17) is 15.2 Å². The van der Waals surface area contributed by atoms with Gasteiger partial charge >= 0.3 is 5.97 Å². The molecule has 1 aliphatic heterocycles. The molecule has 2 atom stereocenters. The molecule has 10 nitrogen and oxygen atoms in total. The monoisotopic (exact) mass is 470 g/mol. The zero-order chi connectivity index (χ0) is 24.5. The molecule has 1 saturated heterocycles. The number of rotatable bonds is 11. The van der Waals surface area contributed by atoms with Crippen LogP contribution in [0.25, 0.3) is 0 Å². The molecule has 0 spiro atoms. The van der Waals surface area contributed by atoms with E-state index in [9.17, 15) is 19.5 Å². The number of nitrogens with two attached hydrogens (primary N) is 1. The molecule has 0 bridgehead atoms. The molecule has 5 N–H and O–H groups in total. The van der Waals surface area contributed by atoms with Crippen LogP contribution in [0.5, 0.6) is 5.75 Å². The van der Waals surface area contributed by atoms with Crippen molar-refractivity contribution >= 4 is 17.7 Å². The number of hydrogen-bond donors (Lipinski definition) is 4. The standard InChI is InChI=1S/C24H30N4O6/c1-33-17-5-2-15(3-6-17)12-20(28-23(30)19-7-4-16(13-25)14-27-19)21(29)22(24(31)32)34-18-8-10-26-11-9-18/h2-7,14,18,20,22,26H,8-13,25H2,1H3,(H,28,30)(H,31,32). The summed E-state index contributed by atoms with van der Waals surface area (Å²) in [6, 6.07) is 9.00. The van der Waals surface area contributed by atoms with Crippen LogP contribution in [-0.4, -0.2) is 66.2 Å². The SMILES string of the molecule is COc1ccc(CC(NC(=O)c2ccc(CN)cn2)C(=O)C(OC2CCNCC2)C(=O)O)cc1. The molecule has 1 amide bonds. The molecule has 0 saturated carbocycles. The van der Waals surface area contributed by atoms with Gasteiger partial charge in [0.25, 0.3) is 5.91 Å². The third-order valence-corrected chi connectivity index (χ3v) is 5.64. The van der Waals surface area contributed by atoms with E-state index in [0.717, 1.165) is 11.1 Å². The lowest BCUT2D eigenvalue weighted by atomic mass is 9.98. The third-order valence-electron chi connectivity index (χ3n) is 5.64. The fourth-order valence-corrected chi connectivity index (χ4v) is 3.69. The van der Waals surface area contributed by atoms with Crippen LogP contribution in [0.3, 0.4) is 0 Å². The second-order valence-corrected chi connectivity index (χ2v) is 8.04. The third kappa shape index (κ3) is 6.83. The molecule has 2 aromatic rings. The first-order valence-electron chi connectivity index (χ1n) is 11.1.